The zero-order chi connectivity index (χ0) is 22.7. The Morgan fingerprint density at radius 3 is 2.30 bits per heavy atom. The molecule has 0 bridgehead atoms. The highest BCUT2D eigenvalue weighted by Gasteiger charge is 2.31. The van der Waals surface area contributed by atoms with Crippen LogP contribution in [-0.4, -0.2) is 46.5 Å². The van der Waals surface area contributed by atoms with Gasteiger partial charge in [0.2, 0.25) is 0 Å². The largest absolute Gasteiger partial charge is 0.519 e. The van der Waals surface area contributed by atoms with Crippen LogP contribution in [0.3, 0.4) is 0 Å². The first kappa shape index (κ1) is 24.1. The summed E-state index contributed by atoms with van der Waals surface area (Å²) in [5, 5.41) is -0.0455. The van der Waals surface area contributed by atoms with Crippen molar-refractivity contribution in [2.75, 3.05) is 13.1 Å². The zero-order valence-electron chi connectivity index (χ0n) is 18.7. The normalized spacial score (nSPS) is 19.1. The van der Waals surface area contributed by atoms with Crippen molar-refractivity contribution in [3.05, 3.63) is 33.8 Å². The van der Waals surface area contributed by atoms with Crippen molar-refractivity contribution < 1.29 is 27.9 Å². The topological polar surface area (TPSA) is 99.2 Å². The second-order valence-electron chi connectivity index (χ2n) is 9.18. The van der Waals surface area contributed by atoms with Gasteiger partial charge in [-0.25, -0.2) is 14.4 Å². The first-order valence-corrected chi connectivity index (χ1v) is 10.9. The fourth-order valence-electron chi connectivity index (χ4n) is 2.84. The summed E-state index contributed by atoms with van der Waals surface area (Å²) in [6.07, 6.45) is 1.66. The molecule has 8 nitrogen and oxygen atoms in total. The van der Waals surface area contributed by atoms with E-state index in [4.69, 9.17) is 18.3 Å². The lowest BCUT2D eigenvalue weighted by atomic mass is 10.0. The van der Waals surface area contributed by atoms with E-state index in [1.807, 2.05) is 20.8 Å². The van der Waals surface area contributed by atoms with Crippen molar-refractivity contribution in [2.24, 2.45) is 0 Å². The molecule has 2 rings (SSSR count). The highest BCUT2D eigenvalue weighted by molar-refractivity contribution is 7.99. The van der Waals surface area contributed by atoms with E-state index in [0.29, 0.717) is 30.2 Å². The third-order valence-electron chi connectivity index (χ3n) is 4.06. The summed E-state index contributed by atoms with van der Waals surface area (Å²) in [5.74, 6) is 0.139. The van der Waals surface area contributed by atoms with Gasteiger partial charge < -0.3 is 23.2 Å². The number of esters is 1. The molecular weight excluding hydrogens is 410 g/mol. The van der Waals surface area contributed by atoms with Crippen molar-refractivity contribution >= 4 is 23.8 Å². The van der Waals surface area contributed by atoms with Crippen molar-refractivity contribution in [2.45, 2.75) is 77.1 Å². The van der Waals surface area contributed by atoms with E-state index in [0.717, 1.165) is 5.57 Å². The molecule has 30 heavy (non-hydrogen) atoms. The molecule has 0 radical (unpaired) electrons. The molecule has 0 aromatic carbocycles. The number of likely N-dealkylation sites (tertiary alicyclic amines) is 1. The molecule has 1 amide bonds. The van der Waals surface area contributed by atoms with Crippen LogP contribution < -0.4 is 5.82 Å². The molecule has 1 fully saturated rings. The van der Waals surface area contributed by atoms with E-state index >= 15 is 0 Å². The standard InChI is InChI=1S/C21H31NO7S/c1-13-15(27-19(25)26-13)12-30-16-8-9-22(18(24)29-21(5,6)7)11-14(16)10-17(23)28-20(2,3)4/h10,16H,8-9,11-12H2,1-7H3/b14-10-. The first-order valence-electron chi connectivity index (χ1n) is 9.86. The summed E-state index contributed by atoms with van der Waals surface area (Å²) < 4.78 is 20.8. The number of ether oxygens (including phenoxy) is 2. The number of rotatable bonds is 4. The van der Waals surface area contributed by atoms with Gasteiger partial charge in [-0.3, -0.25) is 0 Å². The molecule has 1 aliphatic heterocycles. The molecule has 1 aromatic rings. The Hall–Kier alpha value is -2.16. The molecular formula is C21H31NO7S. The summed E-state index contributed by atoms with van der Waals surface area (Å²) in [7, 11) is 0. The Labute approximate surface area is 180 Å². The van der Waals surface area contributed by atoms with E-state index in [2.05, 4.69) is 0 Å². The lowest BCUT2D eigenvalue weighted by molar-refractivity contribution is -0.148. The average Bonchev–Trinajstić information content (AvgIpc) is 2.87. The van der Waals surface area contributed by atoms with Crippen LogP contribution in [0, 0.1) is 6.92 Å². The molecule has 168 valence electrons. The predicted molar refractivity (Wildman–Crippen MR) is 113 cm³/mol. The minimum absolute atomic E-state index is 0.0455. The second kappa shape index (κ2) is 9.32. The number of amides is 1. The van der Waals surface area contributed by atoms with E-state index in [-0.39, 0.29) is 11.8 Å². The Bertz CT molecular complexity index is 854. The number of hydrogen-bond acceptors (Lipinski definition) is 8. The molecule has 0 aliphatic carbocycles. The lowest BCUT2D eigenvalue weighted by Crippen LogP contribution is -2.43. The minimum Gasteiger partial charge on any atom is -0.457 e. The van der Waals surface area contributed by atoms with Crippen molar-refractivity contribution in [1.29, 1.82) is 0 Å². The third-order valence-corrected chi connectivity index (χ3v) is 5.43. The van der Waals surface area contributed by atoms with E-state index < -0.39 is 29.1 Å². The Morgan fingerprint density at radius 1 is 1.13 bits per heavy atom. The molecule has 1 unspecified atom stereocenters. The maximum Gasteiger partial charge on any atom is 0.519 e. The van der Waals surface area contributed by atoms with Gasteiger partial charge in [-0.2, -0.15) is 0 Å². The van der Waals surface area contributed by atoms with Gasteiger partial charge >= 0.3 is 17.9 Å². The van der Waals surface area contributed by atoms with Gasteiger partial charge in [-0.15, -0.1) is 11.8 Å². The molecule has 0 N–H and O–H groups in total. The van der Waals surface area contributed by atoms with Gasteiger partial charge in [0.1, 0.15) is 17.0 Å². The molecule has 9 heteroatoms. The Balaban J connectivity index is 2.16. The number of aryl methyl sites for hydroxylation is 1. The molecule has 0 saturated carbocycles. The monoisotopic (exact) mass is 441 g/mol. The minimum atomic E-state index is -0.729. The molecule has 1 atom stereocenters. The Morgan fingerprint density at radius 2 is 1.77 bits per heavy atom. The van der Waals surface area contributed by atoms with Crippen LogP contribution >= 0.6 is 11.8 Å². The highest BCUT2D eigenvalue weighted by Crippen LogP contribution is 2.32. The summed E-state index contributed by atoms with van der Waals surface area (Å²) in [6, 6.07) is 0. The van der Waals surface area contributed by atoms with Crippen LogP contribution in [0.1, 0.15) is 59.5 Å². The van der Waals surface area contributed by atoms with Crippen LogP contribution in [0.4, 0.5) is 4.79 Å². The number of carbonyl (C=O) groups excluding carboxylic acids is 2. The zero-order valence-corrected chi connectivity index (χ0v) is 19.5. The third kappa shape index (κ3) is 7.59. The van der Waals surface area contributed by atoms with Gasteiger partial charge in [-0.1, -0.05) is 0 Å². The smallest absolute Gasteiger partial charge is 0.457 e. The van der Waals surface area contributed by atoms with Crippen LogP contribution in [0.5, 0.6) is 0 Å². The summed E-state index contributed by atoms with van der Waals surface area (Å²) >= 11 is 1.53. The predicted octanol–water partition coefficient (Wildman–Crippen LogP) is 4.05. The maximum absolute atomic E-state index is 12.5. The van der Waals surface area contributed by atoms with Crippen LogP contribution in [0.2, 0.25) is 0 Å². The van der Waals surface area contributed by atoms with Gasteiger partial charge in [0.05, 0.1) is 5.75 Å². The number of carbonyl (C=O) groups is 2. The quantitative estimate of drug-likeness (QED) is 0.510. The summed E-state index contributed by atoms with van der Waals surface area (Å²) in [4.78, 5) is 37.7. The number of thioether (sulfide) groups is 1. The van der Waals surface area contributed by atoms with Gasteiger partial charge in [-0.05, 0) is 60.5 Å². The van der Waals surface area contributed by atoms with Crippen molar-refractivity contribution in [3.63, 3.8) is 0 Å². The average molecular weight is 442 g/mol. The molecule has 1 saturated heterocycles. The van der Waals surface area contributed by atoms with Crippen LogP contribution in [-0.2, 0) is 20.0 Å². The summed E-state index contributed by atoms with van der Waals surface area (Å²) in [6.45, 7) is 13.3. The SMILES string of the molecule is Cc1oc(=O)oc1CSC1CCN(C(=O)OC(C)(C)C)C/C1=C/C(=O)OC(C)(C)C. The number of hydrogen-bond donors (Lipinski definition) is 0. The fourth-order valence-corrected chi connectivity index (χ4v) is 4.08. The highest BCUT2D eigenvalue weighted by atomic mass is 32.2. The van der Waals surface area contributed by atoms with Crippen molar-refractivity contribution in [1.82, 2.24) is 4.90 Å². The fraction of sp³-hybridized carbons (Fsp3) is 0.667. The van der Waals surface area contributed by atoms with Crippen molar-refractivity contribution in [3.8, 4) is 0 Å². The summed E-state index contributed by atoms with van der Waals surface area (Å²) in [5.41, 5.74) is -0.461. The van der Waals surface area contributed by atoms with Crippen LogP contribution in [0.25, 0.3) is 0 Å². The van der Waals surface area contributed by atoms with E-state index in [1.165, 1.54) is 17.8 Å². The van der Waals surface area contributed by atoms with Gasteiger partial charge in [0, 0.05) is 24.4 Å². The lowest BCUT2D eigenvalue weighted by Gasteiger charge is -2.35. The molecule has 1 aliphatic rings. The molecule has 2 heterocycles. The molecule has 1 aromatic heterocycles. The molecule has 0 spiro atoms. The van der Waals surface area contributed by atoms with E-state index in [1.54, 1.807) is 32.6 Å². The van der Waals surface area contributed by atoms with Gasteiger partial charge in [0.15, 0.2) is 5.76 Å². The number of piperidine rings is 1. The second-order valence-corrected chi connectivity index (χ2v) is 10.4. The first-order chi connectivity index (χ1) is 13.7. The van der Waals surface area contributed by atoms with Crippen LogP contribution in [0.15, 0.2) is 25.3 Å². The maximum atomic E-state index is 12.5. The van der Waals surface area contributed by atoms with Gasteiger partial charge in [0.25, 0.3) is 0 Å². The number of nitrogens with zero attached hydrogens (tertiary/aromatic N) is 1. The van der Waals surface area contributed by atoms with E-state index in [9.17, 15) is 14.4 Å². The Kier molecular flexibility index (Phi) is 7.49.